The Labute approximate surface area is 137 Å². The van der Waals surface area contributed by atoms with Gasteiger partial charge in [0.05, 0.1) is 12.2 Å². The van der Waals surface area contributed by atoms with Gasteiger partial charge >= 0.3 is 0 Å². The van der Waals surface area contributed by atoms with E-state index in [-0.39, 0.29) is 5.91 Å². The highest BCUT2D eigenvalue weighted by Crippen LogP contribution is 2.30. The summed E-state index contributed by atoms with van der Waals surface area (Å²) in [6.07, 6.45) is 3.70. The molecule has 1 amide bonds. The first-order chi connectivity index (χ1) is 11.3. The summed E-state index contributed by atoms with van der Waals surface area (Å²) in [5.74, 6) is 0.0656. The molecule has 2 heterocycles. The van der Waals surface area contributed by atoms with Crippen LogP contribution >= 0.6 is 11.3 Å². The van der Waals surface area contributed by atoms with Crippen molar-refractivity contribution in [2.24, 2.45) is 0 Å². The van der Waals surface area contributed by atoms with E-state index in [9.17, 15) is 4.79 Å². The molecule has 3 aromatic rings. The molecule has 0 spiro atoms. The minimum Gasteiger partial charge on any atom is -0.331 e. The van der Waals surface area contributed by atoms with Crippen molar-refractivity contribution in [3.05, 3.63) is 58.5 Å². The molecular weight excluding hydrogens is 310 g/mol. The molecule has 0 saturated heterocycles. The van der Waals surface area contributed by atoms with Crippen LogP contribution in [0.5, 0.6) is 0 Å². The predicted molar refractivity (Wildman–Crippen MR) is 86.4 cm³/mol. The Kier molecular flexibility index (Phi) is 3.63. The van der Waals surface area contributed by atoms with Gasteiger partial charge in [0.25, 0.3) is 5.91 Å². The Balaban J connectivity index is 1.60. The van der Waals surface area contributed by atoms with Gasteiger partial charge in [-0.2, -0.15) is 0 Å². The van der Waals surface area contributed by atoms with Crippen molar-refractivity contribution in [1.29, 1.82) is 0 Å². The number of thiophene rings is 1. The Morgan fingerprint density at radius 1 is 1.30 bits per heavy atom. The third-order valence-corrected chi connectivity index (χ3v) is 4.72. The smallest absolute Gasteiger partial charge is 0.254 e. The molecule has 4 rings (SSSR count). The number of amides is 1. The fourth-order valence-electron chi connectivity index (χ4n) is 2.55. The number of hydrogen-bond acceptors (Lipinski definition) is 5. The summed E-state index contributed by atoms with van der Waals surface area (Å²) in [4.78, 5) is 16.1. The van der Waals surface area contributed by atoms with Crippen molar-refractivity contribution in [3.8, 4) is 5.69 Å². The van der Waals surface area contributed by atoms with E-state index in [2.05, 4.69) is 21.6 Å². The van der Waals surface area contributed by atoms with Crippen LogP contribution < -0.4 is 0 Å². The maximum atomic E-state index is 12.9. The van der Waals surface area contributed by atoms with Crippen molar-refractivity contribution in [2.45, 2.75) is 25.4 Å². The molecule has 6 nitrogen and oxygen atoms in total. The summed E-state index contributed by atoms with van der Waals surface area (Å²) < 4.78 is 1.55. The van der Waals surface area contributed by atoms with Crippen LogP contribution in [0.4, 0.5) is 0 Å². The molecule has 0 radical (unpaired) electrons. The lowest BCUT2D eigenvalue weighted by atomic mass is 10.1. The minimum atomic E-state index is 0.0656. The van der Waals surface area contributed by atoms with E-state index in [0.29, 0.717) is 18.2 Å². The predicted octanol–water partition coefficient (Wildman–Crippen LogP) is 2.53. The van der Waals surface area contributed by atoms with Gasteiger partial charge in [0.1, 0.15) is 6.33 Å². The highest BCUT2D eigenvalue weighted by molar-refractivity contribution is 7.09. The molecule has 2 aromatic heterocycles. The normalized spacial score (nSPS) is 13.9. The van der Waals surface area contributed by atoms with Crippen LogP contribution in [0.3, 0.4) is 0 Å². The van der Waals surface area contributed by atoms with Crippen molar-refractivity contribution in [3.63, 3.8) is 0 Å². The zero-order valence-corrected chi connectivity index (χ0v) is 13.2. The van der Waals surface area contributed by atoms with Crippen LogP contribution in [0.1, 0.15) is 28.1 Å². The molecule has 0 aliphatic heterocycles. The fraction of sp³-hybridized carbons (Fsp3) is 0.250. The van der Waals surface area contributed by atoms with E-state index in [4.69, 9.17) is 0 Å². The number of hydrogen-bond donors (Lipinski definition) is 0. The lowest BCUT2D eigenvalue weighted by Crippen LogP contribution is -2.32. The summed E-state index contributed by atoms with van der Waals surface area (Å²) in [6, 6.07) is 11.9. The first kappa shape index (κ1) is 14.1. The van der Waals surface area contributed by atoms with Crippen molar-refractivity contribution < 1.29 is 4.79 Å². The Hall–Kier alpha value is -2.54. The van der Waals surface area contributed by atoms with Crippen LogP contribution in [0.2, 0.25) is 0 Å². The number of rotatable bonds is 5. The molecular formula is C16H15N5OS. The quantitative estimate of drug-likeness (QED) is 0.723. The molecule has 1 fully saturated rings. The van der Waals surface area contributed by atoms with E-state index in [0.717, 1.165) is 18.5 Å². The summed E-state index contributed by atoms with van der Waals surface area (Å²) >= 11 is 1.69. The van der Waals surface area contributed by atoms with E-state index >= 15 is 0 Å². The van der Waals surface area contributed by atoms with Crippen molar-refractivity contribution in [2.75, 3.05) is 0 Å². The molecule has 116 valence electrons. The molecule has 1 aromatic carbocycles. The monoisotopic (exact) mass is 325 g/mol. The second-order valence-corrected chi connectivity index (χ2v) is 6.58. The molecule has 0 N–H and O–H groups in total. The van der Waals surface area contributed by atoms with Crippen molar-refractivity contribution >= 4 is 17.2 Å². The highest BCUT2D eigenvalue weighted by Gasteiger charge is 2.33. The number of carbonyl (C=O) groups excluding carboxylic acids is 1. The molecule has 23 heavy (non-hydrogen) atoms. The topological polar surface area (TPSA) is 63.9 Å². The third kappa shape index (κ3) is 3.00. The van der Waals surface area contributed by atoms with E-state index in [1.165, 1.54) is 11.2 Å². The van der Waals surface area contributed by atoms with E-state index in [1.54, 1.807) is 16.0 Å². The van der Waals surface area contributed by atoms with Gasteiger partial charge in [0, 0.05) is 16.5 Å². The fourth-order valence-corrected chi connectivity index (χ4v) is 3.25. The van der Waals surface area contributed by atoms with Gasteiger partial charge in [-0.25, -0.2) is 4.68 Å². The van der Waals surface area contributed by atoms with Gasteiger partial charge in [0.15, 0.2) is 0 Å². The summed E-state index contributed by atoms with van der Waals surface area (Å²) in [5, 5.41) is 13.2. The lowest BCUT2D eigenvalue weighted by molar-refractivity contribution is 0.0731. The highest BCUT2D eigenvalue weighted by atomic mass is 32.1. The Bertz CT molecular complexity index is 796. The molecule has 1 aliphatic rings. The molecule has 1 aliphatic carbocycles. The number of benzene rings is 1. The van der Waals surface area contributed by atoms with Gasteiger partial charge in [-0.05, 0) is 52.9 Å². The third-order valence-electron chi connectivity index (χ3n) is 3.86. The van der Waals surface area contributed by atoms with Crippen LogP contribution in [0.15, 0.2) is 48.1 Å². The zero-order chi connectivity index (χ0) is 15.6. The van der Waals surface area contributed by atoms with Gasteiger partial charge in [-0.15, -0.1) is 16.4 Å². The largest absolute Gasteiger partial charge is 0.331 e. The Morgan fingerprint density at radius 2 is 2.22 bits per heavy atom. The van der Waals surface area contributed by atoms with Gasteiger partial charge in [0.2, 0.25) is 0 Å². The molecule has 1 saturated carbocycles. The lowest BCUT2D eigenvalue weighted by Gasteiger charge is -2.22. The Morgan fingerprint density at radius 3 is 2.91 bits per heavy atom. The van der Waals surface area contributed by atoms with Gasteiger partial charge in [-0.3, -0.25) is 4.79 Å². The minimum absolute atomic E-state index is 0.0656. The SMILES string of the molecule is O=C(c1cccc(-n2cnnn2)c1)N(Cc1cccs1)C1CC1. The number of tetrazole rings is 1. The van der Waals surface area contributed by atoms with Gasteiger partial charge < -0.3 is 4.90 Å². The van der Waals surface area contributed by atoms with Crippen LogP contribution in [-0.4, -0.2) is 37.1 Å². The first-order valence-electron chi connectivity index (χ1n) is 7.48. The first-order valence-corrected chi connectivity index (χ1v) is 8.36. The van der Waals surface area contributed by atoms with Crippen LogP contribution in [0.25, 0.3) is 5.69 Å². The number of nitrogens with zero attached hydrogens (tertiary/aromatic N) is 5. The van der Waals surface area contributed by atoms with E-state index in [1.807, 2.05) is 40.6 Å². The summed E-state index contributed by atoms with van der Waals surface area (Å²) in [6.45, 7) is 0.677. The number of carbonyl (C=O) groups is 1. The van der Waals surface area contributed by atoms with Crippen molar-refractivity contribution in [1.82, 2.24) is 25.1 Å². The average molecular weight is 325 g/mol. The standard InChI is InChI=1S/C16H15N5OS/c22-16(20(13-6-7-13)10-15-5-2-8-23-15)12-3-1-4-14(9-12)21-11-17-18-19-21/h1-5,8-9,11,13H,6-7,10H2. The molecule has 0 bridgehead atoms. The molecule has 0 unspecified atom stereocenters. The second kappa shape index (κ2) is 5.92. The summed E-state index contributed by atoms with van der Waals surface area (Å²) in [5.41, 5.74) is 1.45. The maximum Gasteiger partial charge on any atom is 0.254 e. The zero-order valence-electron chi connectivity index (χ0n) is 12.4. The molecule has 0 atom stereocenters. The average Bonchev–Trinajstić information content (AvgIpc) is 3.05. The summed E-state index contributed by atoms with van der Waals surface area (Å²) in [7, 11) is 0. The van der Waals surface area contributed by atoms with Crippen LogP contribution in [0, 0.1) is 0 Å². The maximum absolute atomic E-state index is 12.9. The van der Waals surface area contributed by atoms with E-state index < -0.39 is 0 Å². The number of aromatic nitrogens is 4. The van der Waals surface area contributed by atoms with Gasteiger partial charge in [-0.1, -0.05) is 12.1 Å². The van der Waals surface area contributed by atoms with Crippen LogP contribution in [-0.2, 0) is 6.54 Å². The molecule has 7 heteroatoms. The second-order valence-electron chi connectivity index (χ2n) is 5.55.